The minimum Gasteiger partial charge on any atom is -0.490 e. The summed E-state index contributed by atoms with van der Waals surface area (Å²) in [7, 11) is 0. The molecule has 5 heteroatoms. The zero-order valence-corrected chi connectivity index (χ0v) is 14.2. The van der Waals surface area contributed by atoms with Crippen molar-refractivity contribution in [1.82, 2.24) is 4.90 Å². The lowest BCUT2D eigenvalue weighted by molar-refractivity contribution is 0.0968. The Labute approximate surface area is 147 Å². The first-order valence-electron chi connectivity index (χ1n) is 8.74. The third-order valence-electron chi connectivity index (χ3n) is 4.56. The maximum Gasteiger partial charge on any atom is 0.162 e. The summed E-state index contributed by atoms with van der Waals surface area (Å²) in [6.45, 7) is 2.65. The Morgan fingerprint density at radius 2 is 1.76 bits per heavy atom. The fraction of sp³-hybridized carbons (Fsp3) is 0.400. The number of halogens is 2. The highest BCUT2D eigenvalue weighted by molar-refractivity contribution is 5.24. The Morgan fingerprint density at radius 3 is 2.44 bits per heavy atom. The molecule has 1 heterocycles. The van der Waals surface area contributed by atoms with Crippen LogP contribution in [0.15, 0.2) is 48.5 Å². The Hall–Kier alpha value is -1.98. The van der Waals surface area contributed by atoms with Gasteiger partial charge in [-0.1, -0.05) is 30.3 Å². The molecule has 0 spiro atoms. The second-order valence-electron chi connectivity index (χ2n) is 6.64. The van der Waals surface area contributed by atoms with Crippen molar-refractivity contribution in [3.63, 3.8) is 0 Å². The maximum absolute atomic E-state index is 13.2. The summed E-state index contributed by atoms with van der Waals surface area (Å²) in [4.78, 5) is 2.35. The lowest BCUT2D eigenvalue weighted by atomic mass is 10.0. The molecule has 0 bridgehead atoms. The van der Waals surface area contributed by atoms with Gasteiger partial charge in [0.25, 0.3) is 0 Å². The molecular formula is C20H24F2N2O. The Bertz CT molecular complexity index is 673. The van der Waals surface area contributed by atoms with Gasteiger partial charge in [0, 0.05) is 31.7 Å². The predicted molar refractivity (Wildman–Crippen MR) is 94.6 cm³/mol. The van der Waals surface area contributed by atoms with Gasteiger partial charge in [-0.2, -0.15) is 0 Å². The van der Waals surface area contributed by atoms with Crippen molar-refractivity contribution >= 4 is 0 Å². The standard InChI is InChI=1S/C20H24F2N2O/c21-19-7-6-18(13-20(19)22)25-17-8-10-24(11-9-17)14-16(23)12-15-4-2-1-3-5-15/h1-7,13,16-17H,8-12,14,23H2. The van der Waals surface area contributed by atoms with Crippen molar-refractivity contribution in [2.75, 3.05) is 19.6 Å². The molecule has 1 unspecified atom stereocenters. The third-order valence-corrected chi connectivity index (χ3v) is 4.56. The van der Waals surface area contributed by atoms with E-state index in [0.717, 1.165) is 51.0 Å². The highest BCUT2D eigenvalue weighted by atomic mass is 19.2. The molecule has 1 aliphatic rings. The molecule has 0 radical (unpaired) electrons. The van der Waals surface area contributed by atoms with Crippen molar-refractivity contribution in [2.24, 2.45) is 5.73 Å². The molecule has 3 rings (SSSR count). The normalized spacial score (nSPS) is 17.4. The number of nitrogens with zero attached hydrogens (tertiary/aromatic N) is 1. The van der Waals surface area contributed by atoms with Crippen LogP contribution in [0.1, 0.15) is 18.4 Å². The van der Waals surface area contributed by atoms with Crippen molar-refractivity contribution in [1.29, 1.82) is 0 Å². The Balaban J connectivity index is 1.43. The average molecular weight is 346 g/mol. The molecule has 0 aliphatic carbocycles. The largest absolute Gasteiger partial charge is 0.490 e. The molecular weight excluding hydrogens is 322 g/mol. The fourth-order valence-electron chi connectivity index (χ4n) is 3.27. The van der Waals surface area contributed by atoms with Gasteiger partial charge in [0.15, 0.2) is 11.6 Å². The zero-order valence-electron chi connectivity index (χ0n) is 14.2. The number of hydrogen-bond donors (Lipinski definition) is 1. The number of rotatable bonds is 6. The molecule has 134 valence electrons. The minimum absolute atomic E-state index is 0.0338. The first-order chi connectivity index (χ1) is 12.1. The van der Waals surface area contributed by atoms with Gasteiger partial charge in [-0.05, 0) is 37.0 Å². The van der Waals surface area contributed by atoms with E-state index in [4.69, 9.17) is 10.5 Å². The van der Waals surface area contributed by atoms with E-state index in [-0.39, 0.29) is 12.1 Å². The van der Waals surface area contributed by atoms with Gasteiger partial charge < -0.3 is 15.4 Å². The quantitative estimate of drug-likeness (QED) is 0.871. The molecule has 2 N–H and O–H groups in total. The van der Waals surface area contributed by atoms with E-state index in [1.807, 2.05) is 18.2 Å². The molecule has 0 amide bonds. The van der Waals surface area contributed by atoms with E-state index in [1.54, 1.807) is 0 Å². The molecule has 1 aliphatic heterocycles. The summed E-state index contributed by atoms with van der Waals surface area (Å²) in [6.07, 6.45) is 2.62. The van der Waals surface area contributed by atoms with Crippen LogP contribution in [0.5, 0.6) is 5.75 Å². The molecule has 3 nitrogen and oxygen atoms in total. The van der Waals surface area contributed by atoms with Crippen molar-refractivity contribution in [3.05, 3.63) is 65.7 Å². The number of piperidine rings is 1. The van der Waals surface area contributed by atoms with Crippen LogP contribution in [-0.2, 0) is 6.42 Å². The summed E-state index contributed by atoms with van der Waals surface area (Å²) in [6, 6.07) is 14.1. The Morgan fingerprint density at radius 1 is 1.04 bits per heavy atom. The summed E-state index contributed by atoms with van der Waals surface area (Å²) in [5.74, 6) is -1.34. The monoisotopic (exact) mass is 346 g/mol. The van der Waals surface area contributed by atoms with Crippen LogP contribution in [0.3, 0.4) is 0 Å². The van der Waals surface area contributed by atoms with Gasteiger partial charge in [-0.3, -0.25) is 0 Å². The minimum atomic E-state index is -0.873. The smallest absolute Gasteiger partial charge is 0.162 e. The van der Waals surface area contributed by atoms with Gasteiger partial charge in [-0.15, -0.1) is 0 Å². The van der Waals surface area contributed by atoms with Gasteiger partial charge in [0.1, 0.15) is 11.9 Å². The second-order valence-corrected chi connectivity index (χ2v) is 6.64. The molecule has 25 heavy (non-hydrogen) atoms. The average Bonchev–Trinajstić information content (AvgIpc) is 2.61. The zero-order chi connectivity index (χ0) is 17.6. The van der Waals surface area contributed by atoms with Crippen LogP contribution in [0.2, 0.25) is 0 Å². The Kier molecular flexibility index (Phi) is 6.00. The van der Waals surface area contributed by atoms with Crippen molar-refractivity contribution in [3.8, 4) is 5.75 Å². The van der Waals surface area contributed by atoms with E-state index in [0.29, 0.717) is 5.75 Å². The summed E-state index contributed by atoms with van der Waals surface area (Å²) < 4.78 is 32.0. The van der Waals surface area contributed by atoms with Gasteiger partial charge in [-0.25, -0.2) is 8.78 Å². The van der Waals surface area contributed by atoms with Crippen LogP contribution >= 0.6 is 0 Å². The van der Waals surface area contributed by atoms with Gasteiger partial charge >= 0.3 is 0 Å². The van der Waals surface area contributed by atoms with E-state index in [1.165, 1.54) is 11.6 Å². The fourth-order valence-corrected chi connectivity index (χ4v) is 3.27. The molecule has 1 fully saturated rings. The van der Waals surface area contributed by atoms with Crippen LogP contribution in [0, 0.1) is 11.6 Å². The van der Waals surface area contributed by atoms with Crippen LogP contribution < -0.4 is 10.5 Å². The SMILES string of the molecule is NC(Cc1ccccc1)CN1CCC(Oc2ccc(F)c(F)c2)CC1. The molecule has 1 atom stereocenters. The molecule has 1 saturated heterocycles. The van der Waals surface area contributed by atoms with Gasteiger partial charge in [0.2, 0.25) is 0 Å². The summed E-state index contributed by atoms with van der Waals surface area (Å²) >= 11 is 0. The first-order valence-corrected chi connectivity index (χ1v) is 8.74. The van der Waals surface area contributed by atoms with E-state index < -0.39 is 11.6 Å². The van der Waals surface area contributed by atoms with Crippen LogP contribution in [0.25, 0.3) is 0 Å². The van der Waals surface area contributed by atoms with Crippen molar-refractivity contribution in [2.45, 2.75) is 31.4 Å². The number of nitrogens with two attached hydrogens (primary N) is 1. The molecule has 0 saturated carbocycles. The molecule has 2 aromatic carbocycles. The summed E-state index contributed by atoms with van der Waals surface area (Å²) in [5.41, 5.74) is 7.53. The topological polar surface area (TPSA) is 38.5 Å². The van der Waals surface area contributed by atoms with Gasteiger partial charge in [0.05, 0.1) is 0 Å². The number of benzene rings is 2. The first kappa shape index (κ1) is 17.8. The molecule has 2 aromatic rings. The second kappa shape index (κ2) is 8.41. The number of ether oxygens (including phenoxy) is 1. The van der Waals surface area contributed by atoms with Crippen LogP contribution in [-0.4, -0.2) is 36.7 Å². The predicted octanol–water partition coefficient (Wildman–Crippen LogP) is 3.38. The third kappa shape index (κ3) is 5.25. The van der Waals surface area contributed by atoms with Crippen LogP contribution in [0.4, 0.5) is 8.78 Å². The lowest BCUT2D eigenvalue weighted by Gasteiger charge is -2.33. The van der Waals surface area contributed by atoms with E-state index >= 15 is 0 Å². The highest BCUT2D eigenvalue weighted by Gasteiger charge is 2.22. The van der Waals surface area contributed by atoms with E-state index in [9.17, 15) is 8.78 Å². The number of likely N-dealkylation sites (tertiary alicyclic amines) is 1. The highest BCUT2D eigenvalue weighted by Crippen LogP contribution is 2.21. The maximum atomic E-state index is 13.2. The molecule has 0 aromatic heterocycles. The number of hydrogen-bond acceptors (Lipinski definition) is 3. The lowest BCUT2D eigenvalue weighted by Crippen LogP contribution is -2.44. The van der Waals surface area contributed by atoms with Crippen molar-refractivity contribution < 1.29 is 13.5 Å². The van der Waals surface area contributed by atoms with E-state index in [2.05, 4.69) is 17.0 Å². The summed E-state index contributed by atoms with van der Waals surface area (Å²) in [5, 5.41) is 0.